The highest BCUT2D eigenvalue weighted by Gasteiger charge is 2.23. The Morgan fingerprint density at radius 3 is 2.38 bits per heavy atom. The summed E-state index contributed by atoms with van der Waals surface area (Å²) in [5, 5.41) is 11.7. The van der Waals surface area contributed by atoms with Gasteiger partial charge in [0.25, 0.3) is 0 Å². The highest BCUT2D eigenvalue weighted by Crippen LogP contribution is 2.04. The molecule has 1 aromatic carbocycles. The van der Waals surface area contributed by atoms with Crippen molar-refractivity contribution in [3.63, 3.8) is 0 Å². The number of carbonyl (C=O) groups excluding carboxylic acids is 1. The van der Waals surface area contributed by atoms with Crippen molar-refractivity contribution in [1.29, 1.82) is 0 Å². The van der Waals surface area contributed by atoms with E-state index >= 15 is 0 Å². The zero-order valence-corrected chi connectivity index (χ0v) is 14.0. The molecule has 2 atom stereocenters. The fourth-order valence-corrected chi connectivity index (χ4v) is 1.98. The molecule has 0 fully saturated rings. The maximum absolute atomic E-state index is 12.0. The number of carboxylic acids is 1. The molecule has 0 saturated heterocycles. The van der Waals surface area contributed by atoms with Crippen molar-refractivity contribution in [3.8, 4) is 0 Å². The van der Waals surface area contributed by atoms with Gasteiger partial charge in [0.15, 0.2) is 5.96 Å². The number of aliphatic carboxylic acids is 1. The van der Waals surface area contributed by atoms with E-state index < -0.39 is 24.0 Å². The summed E-state index contributed by atoms with van der Waals surface area (Å²) in [7, 11) is 0. The summed E-state index contributed by atoms with van der Waals surface area (Å²) in [6.45, 7) is 0.371. The van der Waals surface area contributed by atoms with Crippen molar-refractivity contribution in [1.82, 2.24) is 5.32 Å². The first-order valence-electron chi connectivity index (χ1n) is 7.28. The highest BCUT2D eigenvalue weighted by molar-refractivity contribution is 5.87. The van der Waals surface area contributed by atoms with Gasteiger partial charge in [-0.2, -0.15) is 0 Å². The van der Waals surface area contributed by atoms with Crippen LogP contribution in [0, 0.1) is 0 Å². The Hall–Kier alpha value is -2.32. The van der Waals surface area contributed by atoms with Crippen LogP contribution in [0.1, 0.15) is 18.4 Å². The number of benzene rings is 1. The second-order valence-electron chi connectivity index (χ2n) is 5.14. The minimum absolute atomic E-state index is 0. The first-order valence-corrected chi connectivity index (χ1v) is 7.28. The quantitative estimate of drug-likeness (QED) is 0.230. The van der Waals surface area contributed by atoms with E-state index in [9.17, 15) is 14.7 Å². The number of hydrogen-bond acceptors (Lipinski definition) is 4. The summed E-state index contributed by atoms with van der Waals surface area (Å²) >= 11 is 0. The maximum Gasteiger partial charge on any atom is 0.326 e. The maximum atomic E-state index is 12.0. The van der Waals surface area contributed by atoms with Crippen molar-refractivity contribution in [2.45, 2.75) is 31.3 Å². The predicted octanol–water partition coefficient (Wildman–Crippen LogP) is -0.399. The average molecular weight is 358 g/mol. The third-order valence-electron chi connectivity index (χ3n) is 3.20. The third kappa shape index (κ3) is 8.35. The Morgan fingerprint density at radius 2 is 1.83 bits per heavy atom. The molecule has 0 spiro atoms. The van der Waals surface area contributed by atoms with E-state index in [1.54, 1.807) is 12.1 Å². The standard InChI is InChI=1S/C15H23N5O3.ClH/c16-11(7-4-8-19-15(17)18)13(21)20-12(14(22)23)9-10-5-2-1-3-6-10;/h1-3,5-6,11-12H,4,7-9,16H2,(H,20,21)(H,22,23)(H4,17,18,19);1H. The monoisotopic (exact) mass is 357 g/mol. The fourth-order valence-electron chi connectivity index (χ4n) is 1.98. The Balaban J connectivity index is 0.00000529. The lowest BCUT2D eigenvalue weighted by atomic mass is 10.0. The van der Waals surface area contributed by atoms with Gasteiger partial charge >= 0.3 is 5.97 Å². The molecule has 0 saturated carbocycles. The molecule has 8 nitrogen and oxygen atoms in total. The van der Waals surface area contributed by atoms with E-state index in [4.69, 9.17) is 17.2 Å². The van der Waals surface area contributed by atoms with E-state index in [1.807, 2.05) is 18.2 Å². The molecule has 134 valence electrons. The van der Waals surface area contributed by atoms with E-state index in [2.05, 4.69) is 10.3 Å². The van der Waals surface area contributed by atoms with Gasteiger partial charge in [0, 0.05) is 13.0 Å². The Kier molecular flexibility index (Phi) is 10.2. The van der Waals surface area contributed by atoms with Crippen LogP contribution >= 0.6 is 12.4 Å². The van der Waals surface area contributed by atoms with Gasteiger partial charge in [0.1, 0.15) is 6.04 Å². The van der Waals surface area contributed by atoms with E-state index in [1.165, 1.54) is 0 Å². The van der Waals surface area contributed by atoms with Crippen LogP contribution in [0.25, 0.3) is 0 Å². The first kappa shape index (κ1) is 21.7. The molecule has 0 aliphatic carbocycles. The number of carbonyl (C=O) groups is 2. The van der Waals surface area contributed by atoms with E-state index in [-0.39, 0.29) is 24.8 Å². The van der Waals surface area contributed by atoms with Crippen LogP contribution in [0.15, 0.2) is 35.3 Å². The molecular weight excluding hydrogens is 334 g/mol. The summed E-state index contributed by atoms with van der Waals surface area (Å²) in [5.41, 5.74) is 17.0. The largest absolute Gasteiger partial charge is 0.480 e. The van der Waals surface area contributed by atoms with Gasteiger partial charge in [-0.05, 0) is 18.4 Å². The lowest BCUT2D eigenvalue weighted by molar-refractivity contribution is -0.142. The lowest BCUT2D eigenvalue weighted by Crippen LogP contribution is -2.49. The van der Waals surface area contributed by atoms with Crippen LogP contribution in [-0.4, -0.2) is 41.6 Å². The van der Waals surface area contributed by atoms with Crippen LogP contribution in [-0.2, 0) is 16.0 Å². The van der Waals surface area contributed by atoms with Gasteiger partial charge in [-0.1, -0.05) is 30.3 Å². The van der Waals surface area contributed by atoms with Gasteiger partial charge in [-0.15, -0.1) is 12.4 Å². The van der Waals surface area contributed by atoms with Crippen LogP contribution in [0.5, 0.6) is 0 Å². The second kappa shape index (κ2) is 11.3. The highest BCUT2D eigenvalue weighted by atomic mass is 35.5. The third-order valence-corrected chi connectivity index (χ3v) is 3.20. The Labute approximate surface area is 146 Å². The van der Waals surface area contributed by atoms with Gasteiger partial charge in [0.05, 0.1) is 6.04 Å². The predicted molar refractivity (Wildman–Crippen MR) is 94.8 cm³/mol. The summed E-state index contributed by atoms with van der Waals surface area (Å²) in [4.78, 5) is 27.1. The summed E-state index contributed by atoms with van der Waals surface area (Å²) in [5.74, 6) is -1.62. The number of guanidine groups is 1. The normalized spacial score (nSPS) is 12.4. The van der Waals surface area contributed by atoms with Crippen LogP contribution in [0.3, 0.4) is 0 Å². The number of rotatable bonds is 9. The topological polar surface area (TPSA) is 157 Å². The smallest absolute Gasteiger partial charge is 0.326 e. The number of carboxylic acid groups (broad SMARTS) is 1. The summed E-state index contributed by atoms with van der Waals surface area (Å²) in [6.07, 6.45) is 1.09. The number of nitrogens with one attached hydrogen (secondary N) is 1. The molecule has 1 aromatic rings. The zero-order valence-electron chi connectivity index (χ0n) is 13.2. The second-order valence-corrected chi connectivity index (χ2v) is 5.14. The Bertz CT molecular complexity index is 549. The SMILES string of the molecule is Cl.NC(N)=NCCCC(N)C(=O)NC(Cc1ccccc1)C(=O)O. The minimum Gasteiger partial charge on any atom is -0.480 e. The Morgan fingerprint density at radius 1 is 1.21 bits per heavy atom. The van der Waals surface area contributed by atoms with Crippen LogP contribution in [0.4, 0.5) is 0 Å². The van der Waals surface area contributed by atoms with Crippen molar-refractivity contribution < 1.29 is 14.7 Å². The number of hydrogen-bond donors (Lipinski definition) is 5. The molecule has 9 heteroatoms. The molecule has 0 aromatic heterocycles. The lowest BCUT2D eigenvalue weighted by Gasteiger charge is -2.17. The number of amides is 1. The van der Waals surface area contributed by atoms with Crippen molar-refractivity contribution in [2.24, 2.45) is 22.2 Å². The molecule has 0 radical (unpaired) electrons. The van der Waals surface area contributed by atoms with Crippen molar-refractivity contribution in [3.05, 3.63) is 35.9 Å². The average Bonchev–Trinajstić information content (AvgIpc) is 2.51. The van der Waals surface area contributed by atoms with Gasteiger partial charge < -0.3 is 27.6 Å². The molecule has 0 heterocycles. The summed E-state index contributed by atoms with van der Waals surface area (Å²) < 4.78 is 0. The molecule has 0 aliphatic rings. The van der Waals surface area contributed by atoms with Gasteiger partial charge in [0.2, 0.25) is 5.91 Å². The number of aliphatic imine (C=N–C) groups is 1. The number of nitrogens with zero attached hydrogens (tertiary/aromatic N) is 1. The first-order chi connectivity index (χ1) is 10.9. The number of nitrogens with two attached hydrogens (primary N) is 3. The molecule has 1 rings (SSSR count). The van der Waals surface area contributed by atoms with Crippen LogP contribution < -0.4 is 22.5 Å². The van der Waals surface area contributed by atoms with Crippen LogP contribution in [0.2, 0.25) is 0 Å². The molecule has 0 bridgehead atoms. The molecule has 0 aliphatic heterocycles. The molecule has 1 amide bonds. The molecule has 24 heavy (non-hydrogen) atoms. The van der Waals surface area contributed by atoms with E-state index in [0.29, 0.717) is 19.4 Å². The molecule has 2 unspecified atom stereocenters. The zero-order chi connectivity index (χ0) is 17.2. The molecule has 8 N–H and O–H groups in total. The minimum atomic E-state index is -1.10. The van der Waals surface area contributed by atoms with Gasteiger partial charge in [-0.25, -0.2) is 4.79 Å². The van der Waals surface area contributed by atoms with Gasteiger partial charge in [-0.3, -0.25) is 9.79 Å². The van der Waals surface area contributed by atoms with Crippen molar-refractivity contribution in [2.75, 3.05) is 6.54 Å². The molecular formula is C15H24ClN5O3. The van der Waals surface area contributed by atoms with Crippen molar-refractivity contribution >= 4 is 30.2 Å². The summed E-state index contributed by atoms with van der Waals surface area (Å²) in [6, 6.07) is 7.24. The van der Waals surface area contributed by atoms with E-state index in [0.717, 1.165) is 5.56 Å². The number of halogens is 1. The fraction of sp³-hybridized carbons (Fsp3) is 0.400.